The summed E-state index contributed by atoms with van der Waals surface area (Å²) >= 11 is 6.10. The highest BCUT2D eigenvalue weighted by Crippen LogP contribution is 2.15. The third-order valence-corrected chi connectivity index (χ3v) is 2.75. The number of likely N-dealkylation sites (tertiary alicyclic amines) is 1. The molecule has 0 saturated carbocycles. The smallest absolute Gasteiger partial charge is 0.0600 e. The van der Waals surface area contributed by atoms with Gasteiger partial charge in [0.15, 0.2) is 0 Å². The normalized spacial score (nSPS) is 25.3. The Kier molecular flexibility index (Phi) is 4.68. The second-order valence-electron chi connectivity index (χ2n) is 5.00. The molecular weight excluding hydrogens is 198 g/mol. The highest BCUT2D eigenvalue weighted by molar-refractivity contribution is 6.20. The molecule has 1 unspecified atom stereocenters. The molecule has 0 aromatic heterocycles. The Morgan fingerprint density at radius 2 is 2.14 bits per heavy atom. The molecular formula is C11H22ClNO. The minimum atomic E-state index is -0.0177. The van der Waals surface area contributed by atoms with Crippen LogP contribution in [-0.2, 0) is 4.74 Å². The molecule has 0 radical (unpaired) electrons. The molecule has 0 aromatic carbocycles. The van der Waals surface area contributed by atoms with Gasteiger partial charge >= 0.3 is 0 Å². The molecule has 1 fully saturated rings. The van der Waals surface area contributed by atoms with Crippen molar-refractivity contribution < 1.29 is 4.74 Å². The number of nitrogens with zero attached hydrogens (tertiary/aromatic N) is 1. The Labute approximate surface area is 92.6 Å². The van der Waals surface area contributed by atoms with Gasteiger partial charge in [-0.1, -0.05) is 0 Å². The maximum Gasteiger partial charge on any atom is 0.0600 e. The van der Waals surface area contributed by atoms with E-state index in [9.17, 15) is 0 Å². The van der Waals surface area contributed by atoms with Gasteiger partial charge in [-0.3, -0.25) is 4.90 Å². The Balaban J connectivity index is 2.12. The predicted octanol–water partition coefficient (Wildman–Crippen LogP) is 2.50. The summed E-state index contributed by atoms with van der Waals surface area (Å²) in [5, 5.41) is 0.346. The molecule has 2 nitrogen and oxygen atoms in total. The van der Waals surface area contributed by atoms with Gasteiger partial charge < -0.3 is 4.74 Å². The van der Waals surface area contributed by atoms with E-state index in [0.29, 0.717) is 5.38 Å². The number of halogens is 1. The number of hydrogen-bond acceptors (Lipinski definition) is 2. The van der Waals surface area contributed by atoms with Gasteiger partial charge in [0.2, 0.25) is 0 Å². The lowest BCUT2D eigenvalue weighted by Crippen LogP contribution is -2.39. The van der Waals surface area contributed by atoms with Crippen molar-refractivity contribution in [3.8, 4) is 0 Å². The van der Waals surface area contributed by atoms with E-state index >= 15 is 0 Å². The molecule has 0 aromatic rings. The zero-order valence-corrected chi connectivity index (χ0v) is 10.3. The molecule has 0 amide bonds. The van der Waals surface area contributed by atoms with Crippen LogP contribution in [0.3, 0.4) is 0 Å². The third-order valence-electron chi connectivity index (χ3n) is 2.39. The Hall–Kier alpha value is 0.210. The molecule has 1 rings (SSSR count). The minimum absolute atomic E-state index is 0.0177. The number of hydrogen-bond donors (Lipinski definition) is 0. The van der Waals surface area contributed by atoms with Gasteiger partial charge in [0, 0.05) is 18.5 Å². The van der Waals surface area contributed by atoms with Crippen molar-refractivity contribution in [1.29, 1.82) is 0 Å². The van der Waals surface area contributed by atoms with Gasteiger partial charge in [0.25, 0.3) is 0 Å². The highest BCUT2D eigenvalue weighted by atomic mass is 35.5. The molecule has 1 heterocycles. The summed E-state index contributed by atoms with van der Waals surface area (Å²) in [5.41, 5.74) is -0.0177. The lowest BCUT2D eigenvalue weighted by molar-refractivity contribution is -0.0145. The lowest BCUT2D eigenvalue weighted by Gasteiger charge is -2.30. The molecule has 14 heavy (non-hydrogen) atoms. The highest BCUT2D eigenvalue weighted by Gasteiger charge is 2.18. The van der Waals surface area contributed by atoms with E-state index in [1.54, 1.807) is 0 Å². The predicted molar refractivity (Wildman–Crippen MR) is 61.0 cm³/mol. The fourth-order valence-corrected chi connectivity index (χ4v) is 2.03. The third kappa shape index (κ3) is 5.18. The lowest BCUT2D eigenvalue weighted by atomic mass is 10.1. The summed E-state index contributed by atoms with van der Waals surface area (Å²) < 4.78 is 5.68. The second kappa shape index (κ2) is 5.34. The molecule has 1 atom stereocenters. The molecule has 0 N–H and O–H groups in total. The second-order valence-corrected chi connectivity index (χ2v) is 5.62. The van der Waals surface area contributed by atoms with Gasteiger partial charge in [-0.2, -0.15) is 0 Å². The molecule has 84 valence electrons. The molecule has 0 aliphatic carbocycles. The maximum atomic E-state index is 6.10. The fraction of sp³-hybridized carbons (Fsp3) is 1.00. The van der Waals surface area contributed by atoms with Crippen LogP contribution in [0.15, 0.2) is 0 Å². The fourth-order valence-electron chi connectivity index (χ4n) is 1.68. The van der Waals surface area contributed by atoms with Crippen LogP contribution in [0.4, 0.5) is 0 Å². The molecule has 1 aliphatic rings. The van der Waals surface area contributed by atoms with Gasteiger partial charge in [-0.15, -0.1) is 11.6 Å². The van der Waals surface area contributed by atoms with Crippen molar-refractivity contribution in [2.75, 3.05) is 26.2 Å². The van der Waals surface area contributed by atoms with E-state index in [1.165, 1.54) is 13.0 Å². The van der Waals surface area contributed by atoms with Crippen LogP contribution < -0.4 is 0 Å². The van der Waals surface area contributed by atoms with Gasteiger partial charge in [0.05, 0.1) is 12.2 Å². The Bertz CT molecular complexity index is 167. The standard InChI is InChI=1S/C11H22ClNO/c1-11(2,3)14-8-7-13-6-4-5-10(12)9-13/h10H,4-9H2,1-3H3. The van der Waals surface area contributed by atoms with E-state index < -0.39 is 0 Å². The summed E-state index contributed by atoms with van der Waals surface area (Å²) in [7, 11) is 0. The van der Waals surface area contributed by atoms with Crippen LogP contribution in [0.1, 0.15) is 33.6 Å². The number of ether oxygens (including phenoxy) is 1. The van der Waals surface area contributed by atoms with Gasteiger partial charge in [-0.05, 0) is 40.2 Å². The first kappa shape index (κ1) is 12.3. The van der Waals surface area contributed by atoms with Crippen molar-refractivity contribution in [1.82, 2.24) is 4.90 Å². The Morgan fingerprint density at radius 1 is 1.43 bits per heavy atom. The Morgan fingerprint density at radius 3 is 2.71 bits per heavy atom. The topological polar surface area (TPSA) is 12.5 Å². The first-order chi connectivity index (χ1) is 6.47. The van der Waals surface area contributed by atoms with Gasteiger partial charge in [-0.25, -0.2) is 0 Å². The van der Waals surface area contributed by atoms with Crippen molar-refractivity contribution in [2.45, 2.75) is 44.6 Å². The quantitative estimate of drug-likeness (QED) is 0.677. The molecule has 1 saturated heterocycles. The summed E-state index contributed by atoms with van der Waals surface area (Å²) in [5.74, 6) is 0. The van der Waals surface area contributed by atoms with Gasteiger partial charge in [0.1, 0.15) is 0 Å². The molecule has 1 aliphatic heterocycles. The van der Waals surface area contributed by atoms with E-state index in [2.05, 4.69) is 25.7 Å². The molecule has 0 bridgehead atoms. The van der Waals surface area contributed by atoms with Crippen molar-refractivity contribution in [2.24, 2.45) is 0 Å². The van der Waals surface area contributed by atoms with Crippen LogP contribution in [0.25, 0.3) is 0 Å². The largest absolute Gasteiger partial charge is 0.375 e. The SMILES string of the molecule is CC(C)(C)OCCN1CCCC(Cl)C1. The molecule has 3 heteroatoms. The minimum Gasteiger partial charge on any atom is -0.375 e. The van der Waals surface area contributed by atoms with Crippen LogP contribution in [-0.4, -0.2) is 42.1 Å². The van der Waals surface area contributed by atoms with Crippen molar-refractivity contribution in [3.05, 3.63) is 0 Å². The number of rotatable bonds is 3. The van der Waals surface area contributed by atoms with E-state index in [-0.39, 0.29) is 5.60 Å². The summed E-state index contributed by atoms with van der Waals surface area (Å²) in [6.07, 6.45) is 2.39. The van der Waals surface area contributed by atoms with Crippen molar-refractivity contribution >= 4 is 11.6 Å². The first-order valence-corrected chi connectivity index (χ1v) is 5.91. The van der Waals surface area contributed by atoms with E-state index in [4.69, 9.17) is 16.3 Å². The number of piperidine rings is 1. The molecule has 0 spiro atoms. The van der Waals surface area contributed by atoms with Crippen LogP contribution in [0.5, 0.6) is 0 Å². The number of alkyl halides is 1. The van der Waals surface area contributed by atoms with Crippen LogP contribution >= 0.6 is 11.6 Å². The van der Waals surface area contributed by atoms with Crippen molar-refractivity contribution in [3.63, 3.8) is 0 Å². The van der Waals surface area contributed by atoms with E-state index in [1.807, 2.05) is 0 Å². The van der Waals surface area contributed by atoms with Crippen LogP contribution in [0, 0.1) is 0 Å². The average molecular weight is 220 g/mol. The maximum absolute atomic E-state index is 6.10. The zero-order chi connectivity index (χ0) is 10.6. The van der Waals surface area contributed by atoms with E-state index in [0.717, 1.165) is 26.1 Å². The first-order valence-electron chi connectivity index (χ1n) is 5.48. The summed E-state index contributed by atoms with van der Waals surface area (Å²) in [6, 6.07) is 0. The zero-order valence-electron chi connectivity index (χ0n) is 9.55. The van der Waals surface area contributed by atoms with Crippen LogP contribution in [0.2, 0.25) is 0 Å². The summed E-state index contributed by atoms with van der Waals surface area (Å²) in [6.45, 7) is 10.3. The summed E-state index contributed by atoms with van der Waals surface area (Å²) in [4.78, 5) is 2.40. The monoisotopic (exact) mass is 219 g/mol. The average Bonchev–Trinajstić information content (AvgIpc) is 2.01.